The monoisotopic (exact) mass is 727 g/mol. The van der Waals surface area contributed by atoms with Crippen LogP contribution < -0.4 is 25.0 Å². The van der Waals surface area contributed by atoms with Gasteiger partial charge in [0.15, 0.2) is 17.4 Å². The third-order valence-electron chi connectivity index (χ3n) is 10.5. The van der Waals surface area contributed by atoms with Crippen LogP contribution in [-0.2, 0) is 11.3 Å². The van der Waals surface area contributed by atoms with Crippen molar-refractivity contribution in [3.8, 4) is 22.6 Å². The van der Waals surface area contributed by atoms with Crippen LogP contribution in [0.25, 0.3) is 22.0 Å². The summed E-state index contributed by atoms with van der Waals surface area (Å²) in [5, 5.41) is 12.0. The zero-order chi connectivity index (χ0) is 36.5. The number of carbonyl (C=O) groups excluding carboxylic acids is 1. The van der Waals surface area contributed by atoms with Gasteiger partial charge in [-0.3, -0.25) is 9.48 Å². The Morgan fingerprint density at radius 1 is 1.00 bits per heavy atom. The van der Waals surface area contributed by atoms with Gasteiger partial charge in [-0.15, -0.1) is 0 Å². The number of hydrogen-bond acceptors (Lipinski definition) is 9. The number of aromatic nitrogens is 4. The maximum atomic E-state index is 14.9. The first kappa shape index (κ1) is 34.9. The molecule has 2 N–H and O–H groups in total. The van der Waals surface area contributed by atoms with Crippen LogP contribution in [0.5, 0.6) is 11.5 Å². The first-order valence-electron chi connectivity index (χ1n) is 17.9. The predicted molar refractivity (Wildman–Crippen MR) is 191 cm³/mol. The lowest BCUT2D eigenvalue weighted by molar-refractivity contribution is -0.0834. The third kappa shape index (κ3) is 7.25. The minimum Gasteiger partial charge on any atom is -0.497 e. The van der Waals surface area contributed by atoms with E-state index < -0.39 is 34.7 Å². The van der Waals surface area contributed by atoms with Gasteiger partial charge < -0.3 is 29.7 Å². The highest BCUT2D eigenvalue weighted by atomic mass is 19.2. The summed E-state index contributed by atoms with van der Waals surface area (Å²) in [6, 6.07) is 13.7. The molecule has 1 spiro atoms. The van der Waals surface area contributed by atoms with Crippen molar-refractivity contribution in [1.29, 1.82) is 0 Å². The molecular weight excluding hydrogens is 687 g/mol. The van der Waals surface area contributed by atoms with E-state index in [0.29, 0.717) is 23.3 Å². The average molecular weight is 728 g/mol. The number of carbonyl (C=O) groups is 1. The summed E-state index contributed by atoms with van der Waals surface area (Å²) in [6.45, 7) is 4.09. The standard InChI is InChI=1S/C39H40F3N7O4/c1-51-30-10-4-25(5-11-30)20-52-36-32(40)15-31(34(41)35(36)42)37(50)44-16-24-2-8-29(9-3-24)49-19-27-7-6-26(14-33(27)47-49)28-17-45-38(46-18-28)48-22-39(23-48)21-43-12-13-53-39/h4-7,10-11,14-15,17-19,24,29,43H,2-3,8-9,12-13,16,20-23H2,1H3,(H,44,50). The molecule has 11 nitrogen and oxygen atoms in total. The van der Waals surface area contributed by atoms with Gasteiger partial charge in [0.2, 0.25) is 11.8 Å². The van der Waals surface area contributed by atoms with Crippen LogP contribution >= 0.6 is 0 Å². The van der Waals surface area contributed by atoms with E-state index in [0.717, 1.165) is 80.5 Å². The van der Waals surface area contributed by atoms with Crippen molar-refractivity contribution < 1.29 is 32.2 Å². The normalized spacial score (nSPS) is 19.6. The van der Waals surface area contributed by atoms with E-state index >= 15 is 0 Å². The largest absolute Gasteiger partial charge is 0.497 e. The molecule has 3 aromatic carbocycles. The number of benzene rings is 3. The summed E-state index contributed by atoms with van der Waals surface area (Å²) in [5.74, 6) is -4.46. The summed E-state index contributed by atoms with van der Waals surface area (Å²) in [6.07, 6.45) is 9.05. The van der Waals surface area contributed by atoms with Gasteiger partial charge in [-0.25, -0.2) is 18.7 Å². The van der Waals surface area contributed by atoms with E-state index in [4.69, 9.17) is 19.3 Å². The Morgan fingerprint density at radius 3 is 2.49 bits per heavy atom. The number of fused-ring (bicyclic) bond motifs is 1. The molecule has 0 unspecified atom stereocenters. The van der Waals surface area contributed by atoms with Crippen molar-refractivity contribution in [3.63, 3.8) is 0 Å². The first-order valence-corrected chi connectivity index (χ1v) is 17.9. The molecule has 3 fully saturated rings. The number of amides is 1. The summed E-state index contributed by atoms with van der Waals surface area (Å²) >= 11 is 0. The molecule has 3 aliphatic rings. The number of methoxy groups -OCH3 is 1. The number of hydrogen-bond donors (Lipinski definition) is 2. The van der Waals surface area contributed by atoms with Crippen LogP contribution in [0.2, 0.25) is 0 Å². The lowest BCUT2D eigenvalue weighted by Gasteiger charge is -2.51. The molecular formula is C39H40F3N7O4. The first-order chi connectivity index (χ1) is 25.8. The van der Waals surface area contributed by atoms with E-state index in [2.05, 4.69) is 49.9 Å². The second kappa shape index (κ2) is 14.7. The van der Waals surface area contributed by atoms with Crippen molar-refractivity contribution in [2.75, 3.05) is 51.3 Å². The molecule has 14 heteroatoms. The van der Waals surface area contributed by atoms with E-state index in [1.807, 2.05) is 17.1 Å². The second-order valence-corrected chi connectivity index (χ2v) is 14.1. The molecule has 5 aromatic rings. The van der Waals surface area contributed by atoms with E-state index in [1.165, 1.54) is 7.11 Å². The molecule has 53 heavy (non-hydrogen) atoms. The van der Waals surface area contributed by atoms with Gasteiger partial charge in [0.1, 0.15) is 18.0 Å². The number of morpholine rings is 1. The smallest absolute Gasteiger partial charge is 0.254 e. The summed E-state index contributed by atoms with van der Waals surface area (Å²) in [7, 11) is 1.52. The third-order valence-corrected chi connectivity index (χ3v) is 10.5. The Labute approximate surface area is 304 Å². The summed E-state index contributed by atoms with van der Waals surface area (Å²) in [5.41, 5.74) is 2.55. The predicted octanol–water partition coefficient (Wildman–Crippen LogP) is 5.84. The Hall–Kier alpha value is -5.21. The van der Waals surface area contributed by atoms with Gasteiger partial charge in [-0.1, -0.05) is 24.3 Å². The Bertz CT molecular complexity index is 2090. The molecule has 2 aromatic heterocycles. The van der Waals surface area contributed by atoms with Crippen LogP contribution in [0, 0.1) is 23.4 Å². The number of ether oxygens (including phenoxy) is 3. The highest BCUT2D eigenvalue weighted by Crippen LogP contribution is 2.34. The van der Waals surface area contributed by atoms with Crippen molar-refractivity contribution in [2.24, 2.45) is 5.92 Å². The van der Waals surface area contributed by atoms with E-state index in [9.17, 15) is 18.0 Å². The lowest BCUT2D eigenvalue weighted by atomic mass is 9.86. The maximum Gasteiger partial charge on any atom is 0.254 e. The zero-order valence-corrected chi connectivity index (χ0v) is 29.3. The van der Waals surface area contributed by atoms with Crippen LogP contribution in [0.1, 0.15) is 47.6 Å². The van der Waals surface area contributed by atoms with Gasteiger partial charge in [0.25, 0.3) is 5.91 Å². The minimum atomic E-state index is -1.54. The number of anilines is 1. The fourth-order valence-corrected chi connectivity index (χ4v) is 7.44. The highest BCUT2D eigenvalue weighted by Gasteiger charge is 2.46. The Kier molecular flexibility index (Phi) is 9.64. The van der Waals surface area contributed by atoms with Crippen molar-refractivity contribution in [3.05, 3.63) is 95.7 Å². The second-order valence-electron chi connectivity index (χ2n) is 14.1. The van der Waals surface area contributed by atoms with Crippen molar-refractivity contribution in [1.82, 2.24) is 30.4 Å². The Balaban J connectivity index is 0.831. The number of nitrogens with zero attached hydrogens (tertiary/aromatic N) is 5. The van der Waals surface area contributed by atoms with Gasteiger partial charge in [0.05, 0.1) is 43.9 Å². The van der Waals surface area contributed by atoms with Gasteiger partial charge in [-0.2, -0.15) is 9.49 Å². The topological polar surface area (TPSA) is 116 Å². The molecule has 2 saturated heterocycles. The fraction of sp³-hybridized carbons (Fsp3) is 0.385. The minimum absolute atomic E-state index is 0.131. The quantitative estimate of drug-likeness (QED) is 0.171. The number of rotatable bonds is 10. The maximum absolute atomic E-state index is 14.9. The lowest BCUT2D eigenvalue weighted by Crippen LogP contribution is -2.70. The molecule has 2 aliphatic heterocycles. The molecule has 1 amide bonds. The van der Waals surface area contributed by atoms with Gasteiger partial charge in [-0.05, 0) is 67.0 Å². The van der Waals surface area contributed by atoms with Crippen molar-refractivity contribution >= 4 is 22.8 Å². The van der Waals surface area contributed by atoms with Crippen LogP contribution in [0.4, 0.5) is 19.1 Å². The van der Waals surface area contributed by atoms with Crippen LogP contribution in [-0.4, -0.2) is 77.7 Å². The molecule has 8 rings (SSSR count). The van der Waals surface area contributed by atoms with Crippen LogP contribution in [0.15, 0.2) is 67.1 Å². The number of halogens is 3. The molecule has 1 saturated carbocycles. The van der Waals surface area contributed by atoms with Crippen molar-refractivity contribution in [2.45, 2.75) is 43.9 Å². The van der Waals surface area contributed by atoms with E-state index in [-0.39, 0.29) is 30.7 Å². The highest BCUT2D eigenvalue weighted by molar-refractivity contribution is 5.94. The Morgan fingerprint density at radius 2 is 1.77 bits per heavy atom. The average Bonchev–Trinajstić information content (AvgIpc) is 3.62. The number of nitrogens with one attached hydrogen (secondary N) is 2. The van der Waals surface area contributed by atoms with Gasteiger partial charge in [0, 0.05) is 49.2 Å². The zero-order valence-electron chi connectivity index (χ0n) is 29.3. The molecule has 0 atom stereocenters. The molecule has 276 valence electrons. The molecule has 0 radical (unpaired) electrons. The SMILES string of the molecule is COc1ccc(COc2c(F)cc(C(=O)NCC3CCC(n4cc5ccc(-c6cnc(N7CC8(CNCCO8)C7)nc6)cc5n4)CC3)c(F)c2F)cc1. The fourth-order valence-electron chi connectivity index (χ4n) is 7.44. The van der Waals surface area contributed by atoms with E-state index in [1.54, 1.807) is 24.3 Å². The summed E-state index contributed by atoms with van der Waals surface area (Å²) in [4.78, 5) is 24.2. The molecule has 0 bridgehead atoms. The summed E-state index contributed by atoms with van der Waals surface area (Å²) < 4.78 is 62.9. The molecule has 4 heterocycles. The van der Waals surface area contributed by atoms with Gasteiger partial charge >= 0.3 is 0 Å². The van der Waals surface area contributed by atoms with Crippen LogP contribution in [0.3, 0.4) is 0 Å². The molecule has 1 aliphatic carbocycles.